The number of carbonyl (C=O) groups is 1. The van der Waals surface area contributed by atoms with E-state index in [0.29, 0.717) is 33.5 Å². The van der Waals surface area contributed by atoms with E-state index in [1.807, 2.05) is 6.07 Å². The predicted molar refractivity (Wildman–Crippen MR) is 117 cm³/mol. The van der Waals surface area contributed by atoms with Gasteiger partial charge in [0.1, 0.15) is 11.6 Å². The quantitative estimate of drug-likeness (QED) is 0.519. The number of nitrogens with two attached hydrogens (primary N) is 1. The van der Waals surface area contributed by atoms with Gasteiger partial charge in [0, 0.05) is 24.5 Å². The molecular weight excluding hydrogens is 411 g/mol. The number of amides is 1. The van der Waals surface area contributed by atoms with Crippen LogP contribution in [0.5, 0.6) is 0 Å². The third kappa shape index (κ3) is 2.39. The SMILES string of the molecule is Cn1ncc(-c2ccc3c(=O)[nH]nc(CN)c3c2)c1N1C(=O)C2(CC2)c2ccc(F)cc21. The molecule has 1 saturated carbocycles. The van der Waals surface area contributed by atoms with Crippen molar-refractivity contribution in [1.29, 1.82) is 0 Å². The molecule has 0 unspecified atom stereocenters. The molecule has 3 N–H and O–H groups in total. The smallest absolute Gasteiger partial charge is 0.272 e. The van der Waals surface area contributed by atoms with E-state index in [2.05, 4.69) is 15.3 Å². The van der Waals surface area contributed by atoms with Crippen LogP contribution in [0, 0.1) is 5.82 Å². The molecule has 1 spiro atoms. The number of benzene rings is 2. The van der Waals surface area contributed by atoms with Gasteiger partial charge in [0.2, 0.25) is 5.91 Å². The minimum atomic E-state index is -0.572. The minimum absolute atomic E-state index is 0.0653. The van der Waals surface area contributed by atoms with E-state index >= 15 is 0 Å². The molecule has 6 rings (SSSR count). The maximum absolute atomic E-state index is 14.2. The highest BCUT2D eigenvalue weighted by molar-refractivity contribution is 6.15. The highest BCUT2D eigenvalue weighted by atomic mass is 19.1. The second-order valence-corrected chi connectivity index (χ2v) is 8.35. The maximum atomic E-state index is 14.2. The molecule has 4 aromatic rings. The summed E-state index contributed by atoms with van der Waals surface area (Å²) in [5.74, 6) is 0.0909. The number of aromatic nitrogens is 4. The third-order valence-corrected chi connectivity index (χ3v) is 6.57. The number of nitrogens with zero attached hydrogens (tertiary/aromatic N) is 4. The normalized spacial score (nSPS) is 16.2. The first kappa shape index (κ1) is 18.9. The number of rotatable bonds is 3. The summed E-state index contributed by atoms with van der Waals surface area (Å²) in [6.45, 7) is 0.163. The molecule has 3 heterocycles. The molecule has 1 fully saturated rings. The number of hydrogen-bond donors (Lipinski definition) is 2. The van der Waals surface area contributed by atoms with Crippen LogP contribution in [0.4, 0.5) is 15.9 Å². The van der Waals surface area contributed by atoms with Gasteiger partial charge in [0.05, 0.1) is 28.4 Å². The molecule has 1 aliphatic heterocycles. The largest absolute Gasteiger partial charge is 0.325 e. The molecule has 0 atom stereocenters. The summed E-state index contributed by atoms with van der Waals surface area (Å²) in [6, 6.07) is 9.88. The summed E-state index contributed by atoms with van der Waals surface area (Å²) < 4.78 is 15.8. The van der Waals surface area contributed by atoms with Crippen LogP contribution in [0.3, 0.4) is 0 Å². The molecule has 2 aromatic carbocycles. The van der Waals surface area contributed by atoms with Gasteiger partial charge in [-0.05, 0) is 48.2 Å². The van der Waals surface area contributed by atoms with Crippen LogP contribution in [0.15, 0.2) is 47.4 Å². The topological polar surface area (TPSA) is 110 Å². The van der Waals surface area contributed by atoms with E-state index in [1.54, 1.807) is 41.0 Å². The van der Waals surface area contributed by atoms with Gasteiger partial charge in [0.25, 0.3) is 5.56 Å². The average Bonchev–Trinajstić information content (AvgIpc) is 3.46. The molecular formula is C23H19FN6O2. The van der Waals surface area contributed by atoms with Gasteiger partial charge >= 0.3 is 0 Å². The van der Waals surface area contributed by atoms with Crippen molar-refractivity contribution >= 4 is 28.2 Å². The number of aryl methyl sites for hydroxylation is 1. The van der Waals surface area contributed by atoms with Gasteiger partial charge in [-0.2, -0.15) is 10.2 Å². The van der Waals surface area contributed by atoms with Crippen molar-refractivity contribution in [3.8, 4) is 11.1 Å². The zero-order valence-corrected chi connectivity index (χ0v) is 17.2. The molecule has 1 aliphatic carbocycles. The number of carbonyl (C=O) groups excluding carboxylic acids is 1. The van der Waals surface area contributed by atoms with Crippen molar-refractivity contribution in [2.75, 3.05) is 4.90 Å². The number of hydrogen-bond acceptors (Lipinski definition) is 5. The van der Waals surface area contributed by atoms with Gasteiger partial charge in [-0.15, -0.1) is 0 Å². The monoisotopic (exact) mass is 430 g/mol. The van der Waals surface area contributed by atoms with Crippen molar-refractivity contribution in [3.05, 3.63) is 70.0 Å². The lowest BCUT2D eigenvalue weighted by atomic mass is 9.98. The number of aromatic amines is 1. The highest BCUT2D eigenvalue weighted by Crippen LogP contribution is 2.59. The Labute approximate surface area is 181 Å². The highest BCUT2D eigenvalue weighted by Gasteiger charge is 2.60. The second-order valence-electron chi connectivity index (χ2n) is 8.35. The van der Waals surface area contributed by atoms with Crippen LogP contribution in [-0.4, -0.2) is 25.9 Å². The second kappa shape index (κ2) is 6.33. The van der Waals surface area contributed by atoms with Crippen LogP contribution in [0.25, 0.3) is 21.9 Å². The van der Waals surface area contributed by atoms with Gasteiger partial charge < -0.3 is 5.73 Å². The number of nitrogens with one attached hydrogen (secondary N) is 1. The van der Waals surface area contributed by atoms with Crippen LogP contribution in [0.1, 0.15) is 24.1 Å². The number of fused-ring (bicyclic) bond motifs is 3. The van der Waals surface area contributed by atoms with Crippen molar-refractivity contribution in [3.63, 3.8) is 0 Å². The number of halogens is 1. The van der Waals surface area contributed by atoms with Gasteiger partial charge in [-0.3, -0.25) is 19.2 Å². The van der Waals surface area contributed by atoms with Crippen LogP contribution < -0.4 is 16.2 Å². The van der Waals surface area contributed by atoms with Gasteiger partial charge in [-0.1, -0.05) is 12.1 Å². The van der Waals surface area contributed by atoms with Gasteiger partial charge in [-0.25, -0.2) is 9.49 Å². The Morgan fingerprint density at radius 1 is 1.16 bits per heavy atom. The number of anilines is 2. The zero-order chi connectivity index (χ0) is 22.2. The minimum Gasteiger partial charge on any atom is -0.325 e. The summed E-state index contributed by atoms with van der Waals surface area (Å²) in [7, 11) is 1.75. The van der Waals surface area contributed by atoms with Crippen molar-refractivity contribution in [2.45, 2.75) is 24.8 Å². The molecule has 0 radical (unpaired) electrons. The molecule has 9 heteroatoms. The Balaban J connectivity index is 1.57. The first-order chi connectivity index (χ1) is 15.4. The summed E-state index contributed by atoms with van der Waals surface area (Å²) in [5, 5.41) is 12.0. The van der Waals surface area contributed by atoms with E-state index in [9.17, 15) is 14.0 Å². The summed E-state index contributed by atoms with van der Waals surface area (Å²) in [6.07, 6.45) is 3.17. The Hall–Kier alpha value is -3.85. The zero-order valence-electron chi connectivity index (χ0n) is 17.2. The Morgan fingerprint density at radius 3 is 2.72 bits per heavy atom. The molecule has 160 valence electrons. The van der Waals surface area contributed by atoms with E-state index in [0.717, 1.165) is 24.0 Å². The van der Waals surface area contributed by atoms with Crippen molar-refractivity contribution in [2.24, 2.45) is 12.8 Å². The molecule has 1 amide bonds. The lowest BCUT2D eigenvalue weighted by Gasteiger charge is -2.20. The van der Waals surface area contributed by atoms with Crippen molar-refractivity contribution in [1.82, 2.24) is 20.0 Å². The van der Waals surface area contributed by atoms with E-state index in [4.69, 9.17) is 5.73 Å². The number of H-pyrrole nitrogens is 1. The fourth-order valence-corrected chi connectivity index (χ4v) is 4.79. The Bertz CT molecular complexity index is 1500. The molecule has 2 aromatic heterocycles. The lowest BCUT2D eigenvalue weighted by molar-refractivity contribution is -0.119. The first-order valence-electron chi connectivity index (χ1n) is 10.3. The fourth-order valence-electron chi connectivity index (χ4n) is 4.79. The summed E-state index contributed by atoms with van der Waals surface area (Å²) >= 11 is 0. The molecule has 0 bridgehead atoms. The van der Waals surface area contributed by atoms with E-state index in [-0.39, 0.29) is 18.0 Å². The third-order valence-electron chi connectivity index (χ3n) is 6.57. The standard InChI is InChI=1S/C23H19FN6O2/c1-29-21(30-19-9-13(24)3-5-17(19)23(6-7-23)22(30)32)16(11-26-29)12-2-4-14-15(8-12)18(10-25)27-28-20(14)31/h2-5,8-9,11H,6-7,10,25H2,1H3,(H,28,31). The molecule has 2 aliphatic rings. The van der Waals surface area contributed by atoms with E-state index < -0.39 is 11.2 Å². The molecule has 8 nitrogen and oxygen atoms in total. The first-order valence-corrected chi connectivity index (χ1v) is 10.3. The van der Waals surface area contributed by atoms with Crippen LogP contribution in [0.2, 0.25) is 0 Å². The van der Waals surface area contributed by atoms with Gasteiger partial charge in [0.15, 0.2) is 0 Å². The summed E-state index contributed by atoms with van der Waals surface area (Å²) in [4.78, 5) is 27.3. The molecule has 0 saturated heterocycles. The van der Waals surface area contributed by atoms with Crippen LogP contribution >= 0.6 is 0 Å². The Morgan fingerprint density at radius 2 is 1.97 bits per heavy atom. The fraction of sp³-hybridized carbons (Fsp3) is 0.217. The Kier molecular flexibility index (Phi) is 3.74. The average molecular weight is 430 g/mol. The molecule has 32 heavy (non-hydrogen) atoms. The predicted octanol–water partition coefficient (Wildman–Crippen LogP) is 2.63. The summed E-state index contributed by atoms with van der Waals surface area (Å²) in [5.41, 5.74) is 8.37. The van der Waals surface area contributed by atoms with Crippen LogP contribution in [-0.2, 0) is 23.8 Å². The van der Waals surface area contributed by atoms with Crippen molar-refractivity contribution < 1.29 is 9.18 Å². The van der Waals surface area contributed by atoms with E-state index in [1.165, 1.54) is 12.1 Å². The maximum Gasteiger partial charge on any atom is 0.272 e. The lowest BCUT2D eigenvalue weighted by Crippen LogP contribution is -2.29.